The molecule has 5 heteroatoms. The molecule has 0 heterocycles. The maximum atomic E-state index is 11.8. The Morgan fingerprint density at radius 2 is 2.05 bits per heavy atom. The number of halogens is 1. The largest absolute Gasteiger partial charge is 0.462 e. The fraction of sp³-hybridized carbons (Fsp3) is 0.235. The van der Waals surface area contributed by atoms with Gasteiger partial charge in [-0.2, -0.15) is 0 Å². The molecule has 0 aliphatic heterocycles. The number of anilines is 3. The lowest BCUT2D eigenvalue weighted by Gasteiger charge is -2.12. The Hall–Kier alpha value is -2.20. The average Bonchev–Trinajstić information content (AvgIpc) is 2.50. The minimum absolute atomic E-state index is 0.363. The van der Waals surface area contributed by atoms with E-state index in [4.69, 9.17) is 22.1 Å². The van der Waals surface area contributed by atoms with E-state index in [0.717, 1.165) is 17.7 Å². The van der Waals surface area contributed by atoms with Gasteiger partial charge in [-0.1, -0.05) is 24.6 Å². The van der Waals surface area contributed by atoms with Crippen LogP contribution in [0.5, 0.6) is 0 Å². The lowest BCUT2D eigenvalue weighted by Crippen LogP contribution is -2.07. The van der Waals surface area contributed by atoms with Gasteiger partial charge in [0.15, 0.2) is 0 Å². The maximum Gasteiger partial charge on any atom is 0.338 e. The zero-order chi connectivity index (χ0) is 16.1. The van der Waals surface area contributed by atoms with Crippen molar-refractivity contribution in [3.63, 3.8) is 0 Å². The van der Waals surface area contributed by atoms with E-state index in [1.807, 2.05) is 32.0 Å². The van der Waals surface area contributed by atoms with E-state index >= 15 is 0 Å². The number of esters is 1. The molecular formula is C17H19ClN2O2. The molecule has 4 nitrogen and oxygen atoms in total. The van der Waals surface area contributed by atoms with Crippen LogP contribution in [0.1, 0.15) is 29.3 Å². The van der Waals surface area contributed by atoms with Gasteiger partial charge in [0.1, 0.15) is 0 Å². The van der Waals surface area contributed by atoms with E-state index in [9.17, 15) is 4.79 Å². The highest BCUT2D eigenvalue weighted by atomic mass is 35.5. The second-order valence-electron chi connectivity index (χ2n) is 5.03. The Labute approximate surface area is 135 Å². The van der Waals surface area contributed by atoms with Crippen LogP contribution in [0, 0.1) is 6.92 Å². The molecule has 0 aromatic heterocycles. The lowest BCUT2D eigenvalue weighted by molar-refractivity contribution is 0.0505. The number of nitrogens with one attached hydrogen (secondary N) is 1. The molecule has 2 aromatic carbocycles. The number of rotatable bonds is 5. The van der Waals surface area contributed by atoms with Crippen LogP contribution in [0.4, 0.5) is 17.1 Å². The molecule has 0 atom stereocenters. The minimum atomic E-state index is -0.363. The molecule has 0 bridgehead atoms. The molecule has 0 aliphatic rings. The lowest BCUT2D eigenvalue weighted by atomic mass is 10.1. The number of ether oxygens (including phenoxy) is 1. The fourth-order valence-electron chi connectivity index (χ4n) is 1.91. The van der Waals surface area contributed by atoms with Crippen LogP contribution in [0.2, 0.25) is 5.02 Å². The predicted octanol–water partition coefficient (Wildman–Crippen LogP) is 4.54. The third-order valence-electron chi connectivity index (χ3n) is 3.18. The SMILES string of the molecule is CCCOC(=O)c1ccc(Nc2ccc(C)c(Cl)c2)c(N)c1. The van der Waals surface area contributed by atoms with Crippen molar-refractivity contribution >= 4 is 34.6 Å². The van der Waals surface area contributed by atoms with Crippen LogP contribution in [0.3, 0.4) is 0 Å². The number of aryl methyl sites for hydroxylation is 1. The van der Waals surface area contributed by atoms with Gasteiger partial charge >= 0.3 is 5.97 Å². The maximum absolute atomic E-state index is 11.8. The molecule has 0 unspecified atom stereocenters. The number of benzene rings is 2. The van der Waals surface area contributed by atoms with Gasteiger partial charge in [0.25, 0.3) is 0 Å². The summed E-state index contributed by atoms with van der Waals surface area (Å²) in [7, 11) is 0. The van der Waals surface area contributed by atoms with Crippen molar-refractivity contribution in [2.45, 2.75) is 20.3 Å². The van der Waals surface area contributed by atoms with Crippen LogP contribution in [-0.2, 0) is 4.74 Å². The van der Waals surface area contributed by atoms with E-state index in [0.29, 0.717) is 28.6 Å². The molecule has 0 fully saturated rings. The standard InChI is InChI=1S/C17H19ClN2O2/c1-3-8-22-17(21)12-5-7-16(15(19)9-12)20-13-6-4-11(2)14(18)10-13/h4-7,9-10,20H,3,8,19H2,1-2H3. The van der Waals surface area contributed by atoms with Crippen LogP contribution >= 0.6 is 11.6 Å². The molecule has 2 rings (SSSR count). The van der Waals surface area contributed by atoms with E-state index in [-0.39, 0.29) is 5.97 Å². The van der Waals surface area contributed by atoms with Gasteiger partial charge in [-0.05, 0) is 49.2 Å². The highest BCUT2D eigenvalue weighted by Gasteiger charge is 2.09. The first kappa shape index (κ1) is 16.2. The second-order valence-corrected chi connectivity index (χ2v) is 5.43. The summed E-state index contributed by atoms with van der Waals surface area (Å²) in [6.45, 7) is 4.29. The molecule has 0 spiro atoms. The van der Waals surface area contributed by atoms with Crippen molar-refractivity contribution in [3.8, 4) is 0 Å². The first-order valence-corrected chi connectivity index (χ1v) is 7.49. The van der Waals surface area contributed by atoms with Crippen molar-refractivity contribution in [1.82, 2.24) is 0 Å². The number of carbonyl (C=O) groups excluding carboxylic acids is 1. The first-order chi connectivity index (χ1) is 10.5. The number of nitrogens with two attached hydrogens (primary N) is 1. The molecule has 0 saturated carbocycles. The van der Waals surface area contributed by atoms with Gasteiger partial charge in [-0.25, -0.2) is 4.79 Å². The Kier molecular flexibility index (Phi) is 5.28. The van der Waals surface area contributed by atoms with Crippen molar-refractivity contribution in [2.24, 2.45) is 0 Å². The highest BCUT2D eigenvalue weighted by molar-refractivity contribution is 6.31. The Morgan fingerprint density at radius 3 is 2.68 bits per heavy atom. The van der Waals surface area contributed by atoms with Gasteiger partial charge in [0.05, 0.1) is 23.5 Å². The van der Waals surface area contributed by atoms with Crippen molar-refractivity contribution in [1.29, 1.82) is 0 Å². The van der Waals surface area contributed by atoms with Gasteiger partial charge in [-0.15, -0.1) is 0 Å². The van der Waals surface area contributed by atoms with Gasteiger partial charge < -0.3 is 15.8 Å². The second kappa shape index (κ2) is 7.18. The van der Waals surface area contributed by atoms with E-state index in [1.165, 1.54) is 0 Å². The first-order valence-electron chi connectivity index (χ1n) is 7.11. The summed E-state index contributed by atoms with van der Waals surface area (Å²) < 4.78 is 5.09. The Bertz CT molecular complexity index is 686. The third-order valence-corrected chi connectivity index (χ3v) is 3.58. The monoisotopic (exact) mass is 318 g/mol. The highest BCUT2D eigenvalue weighted by Crippen LogP contribution is 2.27. The summed E-state index contributed by atoms with van der Waals surface area (Å²) in [6.07, 6.45) is 0.787. The van der Waals surface area contributed by atoms with Crippen LogP contribution in [-0.4, -0.2) is 12.6 Å². The van der Waals surface area contributed by atoms with E-state index in [1.54, 1.807) is 18.2 Å². The van der Waals surface area contributed by atoms with Gasteiger partial charge in [0.2, 0.25) is 0 Å². The molecule has 3 N–H and O–H groups in total. The minimum Gasteiger partial charge on any atom is -0.462 e. The summed E-state index contributed by atoms with van der Waals surface area (Å²) in [4.78, 5) is 11.8. The zero-order valence-corrected chi connectivity index (χ0v) is 13.4. The van der Waals surface area contributed by atoms with Crippen LogP contribution in [0.25, 0.3) is 0 Å². The third kappa shape index (κ3) is 3.92. The number of carbonyl (C=O) groups is 1. The van der Waals surface area contributed by atoms with E-state index < -0.39 is 0 Å². The van der Waals surface area contributed by atoms with Gasteiger partial charge in [-0.3, -0.25) is 0 Å². The van der Waals surface area contributed by atoms with Crippen molar-refractivity contribution < 1.29 is 9.53 Å². The molecule has 0 aliphatic carbocycles. The normalized spacial score (nSPS) is 10.3. The quantitative estimate of drug-likeness (QED) is 0.627. The van der Waals surface area contributed by atoms with Crippen molar-refractivity contribution in [2.75, 3.05) is 17.7 Å². The summed E-state index contributed by atoms with van der Waals surface area (Å²) >= 11 is 6.10. The molecule has 22 heavy (non-hydrogen) atoms. The molecule has 2 aromatic rings. The smallest absolute Gasteiger partial charge is 0.338 e. The molecule has 0 radical (unpaired) electrons. The summed E-state index contributed by atoms with van der Waals surface area (Å²) in [5, 5.41) is 3.87. The van der Waals surface area contributed by atoms with E-state index in [2.05, 4.69) is 5.32 Å². The number of hydrogen-bond acceptors (Lipinski definition) is 4. The van der Waals surface area contributed by atoms with Crippen LogP contribution in [0.15, 0.2) is 36.4 Å². The Balaban J connectivity index is 2.15. The van der Waals surface area contributed by atoms with Crippen LogP contribution < -0.4 is 11.1 Å². The molecule has 0 saturated heterocycles. The average molecular weight is 319 g/mol. The summed E-state index contributed by atoms with van der Waals surface area (Å²) in [5.41, 5.74) is 9.48. The molecular weight excluding hydrogens is 300 g/mol. The Morgan fingerprint density at radius 1 is 1.27 bits per heavy atom. The predicted molar refractivity (Wildman–Crippen MR) is 90.9 cm³/mol. The van der Waals surface area contributed by atoms with Gasteiger partial charge in [0, 0.05) is 10.7 Å². The van der Waals surface area contributed by atoms with Crippen molar-refractivity contribution in [3.05, 3.63) is 52.5 Å². The molecule has 116 valence electrons. The zero-order valence-electron chi connectivity index (χ0n) is 12.7. The molecule has 0 amide bonds. The summed E-state index contributed by atoms with van der Waals surface area (Å²) in [6, 6.07) is 10.7. The number of hydrogen-bond donors (Lipinski definition) is 2. The fourth-order valence-corrected chi connectivity index (χ4v) is 2.09. The number of nitrogen functional groups attached to an aromatic ring is 1. The summed E-state index contributed by atoms with van der Waals surface area (Å²) in [5.74, 6) is -0.363. The topological polar surface area (TPSA) is 64.3 Å².